The van der Waals surface area contributed by atoms with Crippen LogP contribution in [0.3, 0.4) is 0 Å². The van der Waals surface area contributed by atoms with E-state index in [4.69, 9.17) is 4.74 Å². The number of amides is 2. The zero-order chi connectivity index (χ0) is 19.2. The number of H-pyrrole nitrogens is 1. The average Bonchev–Trinajstić information content (AvgIpc) is 2.66. The van der Waals surface area contributed by atoms with E-state index in [1.54, 1.807) is 30.0 Å². The number of carbonyl (C=O) groups excluding carboxylic acids is 1. The molecule has 0 aliphatic carbocycles. The molecule has 0 saturated carbocycles. The smallest absolute Gasteiger partial charge is 0.321 e. The van der Waals surface area contributed by atoms with Gasteiger partial charge >= 0.3 is 6.03 Å². The Kier molecular flexibility index (Phi) is 5.90. The molecule has 0 spiro atoms. The normalized spacial score (nSPS) is 16.6. The fourth-order valence-corrected chi connectivity index (χ4v) is 3.25. The van der Waals surface area contributed by atoms with Gasteiger partial charge in [-0.1, -0.05) is 24.8 Å². The highest BCUT2D eigenvalue weighted by Gasteiger charge is 2.26. The van der Waals surface area contributed by atoms with Gasteiger partial charge in [-0.3, -0.25) is 4.79 Å². The van der Waals surface area contributed by atoms with Gasteiger partial charge in [0.1, 0.15) is 18.2 Å². The zero-order valence-corrected chi connectivity index (χ0v) is 15.4. The number of likely N-dealkylation sites (tertiary alicyclic amines) is 1. The number of rotatable bonds is 5. The second kappa shape index (κ2) is 8.53. The molecule has 0 radical (unpaired) electrons. The van der Waals surface area contributed by atoms with Gasteiger partial charge < -0.3 is 19.9 Å². The summed E-state index contributed by atoms with van der Waals surface area (Å²) in [5.74, 6) is 1.25. The summed E-state index contributed by atoms with van der Waals surface area (Å²) in [5, 5.41) is 2.92. The molecule has 1 aliphatic rings. The van der Waals surface area contributed by atoms with Gasteiger partial charge in [0.05, 0.1) is 11.4 Å². The molecule has 0 unspecified atom stereocenters. The van der Waals surface area contributed by atoms with E-state index >= 15 is 0 Å². The first-order valence-corrected chi connectivity index (χ1v) is 9.03. The van der Waals surface area contributed by atoms with Crippen LogP contribution in [0.15, 0.2) is 47.8 Å². The first-order chi connectivity index (χ1) is 13.1. The number of benzene rings is 1. The number of aromatic nitrogens is 2. The lowest BCUT2D eigenvalue weighted by molar-refractivity contribution is 0.192. The third kappa shape index (κ3) is 4.75. The predicted molar refractivity (Wildman–Crippen MR) is 104 cm³/mol. The molecule has 1 saturated heterocycles. The highest BCUT2D eigenvalue weighted by molar-refractivity contribution is 5.91. The molecular formula is C20H24N4O3. The Morgan fingerprint density at radius 3 is 3.07 bits per heavy atom. The fraction of sp³-hybridized carbons (Fsp3) is 0.350. The van der Waals surface area contributed by atoms with Crippen LogP contribution in [0.4, 0.5) is 10.5 Å². The number of aryl methyl sites for hydroxylation is 1. The van der Waals surface area contributed by atoms with Crippen molar-refractivity contribution < 1.29 is 9.53 Å². The number of piperidine rings is 1. The average molecular weight is 368 g/mol. The molecule has 2 N–H and O–H groups in total. The molecule has 0 bridgehead atoms. The standard InChI is InChI=1S/C20H24N4O3/c1-3-11-27-18-9-5-4-8-16(18)23-20(26)24-10-6-7-15(13-24)17-12-19(25)22-14(2)21-17/h3-5,8-9,12,15H,1,6-7,10-11,13H2,2H3,(H,23,26)(H,21,22,25)/t15-/m1/s1. The number of ether oxygens (including phenoxy) is 1. The number of nitrogens with one attached hydrogen (secondary N) is 2. The van der Waals surface area contributed by atoms with Crippen LogP contribution in [0.1, 0.15) is 30.3 Å². The minimum atomic E-state index is -0.184. The quantitative estimate of drug-likeness (QED) is 0.794. The molecule has 3 rings (SSSR count). The number of aromatic amines is 1. The van der Waals surface area contributed by atoms with Crippen molar-refractivity contribution in [3.05, 3.63) is 64.9 Å². The van der Waals surface area contributed by atoms with Gasteiger partial charge in [-0.25, -0.2) is 9.78 Å². The van der Waals surface area contributed by atoms with Crippen LogP contribution in [-0.2, 0) is 0 Å². The molecule has 142 valence electrons. The molecule has 1 fully saturated rings. The summed E-state index contributed by atoms with van der Waals surface area (Å²) in [7, 11) is 0. The van der Waals surface area contributed by atoms with Crippen LogP contribution in [0.5, 0.6) is 5.75 Å². The highest BCUT2D eigenvalue weighted by atomic mass is 16.5. The van der Waals surface area contributed by atoms with E-state index in [-0.39, 0.29) is 17.5 Å². The molecule has 1 atom stereocenters. The predicted octanol–water partition coefficient (Wildman–Crippen LogP) is 3.05. The largest absolute Gasteiger partial charge is 0.487 e. The molecule has 1 aromatic heterocycles. The SMILES string of the molecule is C=CCOc1ccccc1NC(=O)N1CCC[C@@H](c2cc(=O)[nH]c(C)n2)C1. The summed E-state index contributed by atoms with van der Waals surface area (Å²) in [6.45, 7) is 6.96. The van der Waals surface area contributed by atoms with Gasteiger partial charge in [0.25, 0.3) is 5.56 Å². The van der Waals surface area contributed by atoms with Crippen LogP contribution in [0, 0.1) is 6.92 Å². The molecule has 7 nitrogen and oxygen atoms in total. The van der Waals surface area contributed by atoms with E-state index in [2.05, 4.69) is 21.9 Å². The van der Waals surface area contributed by atoms with E-state index < -0.39 is 0 Å². The molecule has 2 heterocycles. The third-order valence-corrected chi connectivity index (χ3v) is 4.49. The van der Waals surface area contributed by atoms with Crippen LogP contribution in [0.25, 0.3) is 0 Å². The Morgan fingerprint density at radius 2 is 2.30 bits per heavy atom. The van der Waals surface area contributed by atoms with Crippen molar-refractivity contribution in [3.63, 3.8) is 0 Å². The molecule has 1 aromatic carbocycles. The number of hydrogen-bond donors (Lipinski definition) is 2. The Bertz CT molecular complexity index is 878. The van der Waals surface area contributed by atoms with Crippen molar-refractivity contribution in [2.24, 2.45) is 0 Å². The summed E-state index contributed by atoms with van der Waals surface area (Å²) in [6.07, 6.45) is 3.42. The van der Waals surface area contributed by atoms with Crippen LogP contribution < -0.4 is 15.6 Å². The Labute approximate surface area is 158 Å². The van der Waals surface area contributed by atoms with Crippen molar-refractivity contribution in [3.8, 4) is 5.75 Å². The van der Waals surface area contributed by atoms with E-state index in [1.807, 2.05) is 12.1 Å². The summed E-state index contributed by atoms with van der Waals surface area (Å²) in [4.78, 5) is 33.3. The van der Waals surface area contributed by atoms with Crippen molar-refractivity contribution >= 4 is 11.7 Å². The van der Waals surface area contributed by atoms with Crippen LogP contribution in [-0.4, -0.2) is 40.6 Å². The van der Waals surface area contributed by atoms with Crippen molar-refractivity contribution in [2.75, 3.05) is 25.0 Å². The maximum absolute atomic E-state index is 12.8. The lowest BCUT2D eigenvalue weighted by Gasteiger charge is -2.32. The van der Waals surface area contributed by atoms with Crippen LogP contribution in [0.2, 0.25) is 0 Å². The lowest BCUT2D eigenvalue weighted by atomic mass is 9.94. The first kappa shape index (κ1) is 18.7. The summed E-state index contributed by atoms with van der Waals surface area (Å²) in [6, 6.07) is 8.65. The molecule has 7 heteroatoms. The monoisotopic (exact) mass is 368 g/mol. The van der Waals surface area contributed by atoms with Gasteiger partial charge in [-0.15, -0.1) is 0 Å². The van der Waals surface area contributed by atoms with E-state index in [0.717, 1.165) is 18.5 Å². The second-order valence-electron chi connectivity index (χ2n) is 6.57. The fourth-order valence-electron chi connectivity index (χ4n) is 3.25. The number of carbonyl (C=O) groups is 1. The Morgan fingerprint density at radius 1 is 1.48 bits per heavy atom. The summed E-state index contributed by atoms with van der Waals surface area (Å²) in [5.41, 5.74) is 1.20. The van der Waals surface area contributed by atoms with Crippen molar-refractivity contribution in [1.82, 2.24) is 14.9 Å². The van der Waals surface area contributed by atoms with Crippen molar-refractivity contribution in [1.29, 1.82) is 0 Å². The maximum atomic E-state index is 12.8. The number of hydrogen-bond acceptors (Lipinski definition) is 4. The lowest BCUT2D eigenvalue weighted by Crippen LogP contribution is -2.42. The number of nitrogens with zero attached hydrogens (tertiary/aromatic N) is 2. The minimum Gasteiger partial charge on any atom is -0.487 e. The molecule has 27 heavy (non-hydrogen) atoms. The first-order valence-electron chi connectivity index (χ1n) is 9.03. The van der Waals surface area contributed by atoms with Gasteiger partial charge in [0.2, 0.25) is 0 Å². The Balaban J connectivity index is 1.70. The molecule has 1 aliphatic heterocycles. The van der Waals surface area contributed by atoms with E-state index in [1.165, 1.54) is 6.07 Å². The van der Waals surface area contributed by atoms with Crippen LogP contribution >= 0.6 is 0 Å². The maximum Gasteiger partial charge on any atom is 0.321 e. The Hall–Kier alpha value is -3.09. The molecular weight excluding hydrogens is 344 g/mol. The topological polar surface area (TPSA) is 87.3 Å². The third-order valence-electron chi connectivity index (χ3n) is 4.49. The highest BCUT2D eigenvalue weighted by Crippen LogP contribution is 2.27. The number of urea groups is 1. The van der Waals surface area contributed by atoms with Gasteiger partial charge in [-0.2, -0.15) is 0 Å². The minimum absolute atomic E-state index is 0.0535. The number of anilines is 1. The van der Waals surface area contributed by atoms with Gasteiger partial charge in [0.15, 0.2) is 0 Å². The molecule has 2 amide bonds. The second-order valence-corrected chi connectivity index (χ2v) is 6.57. The molecule has 2 aromatic rings. The summed E-state index contributed by atoms with van der Waals surface area (Å²) >= 11 is 0. The van der Waals surface area contributed by atoms with Gasteiger partial charge in [-0.05, 0) is 31.9 Å². The van der Waals surface area contributed by atoms with Gasteiger partial charge in [0, 0.05) is 25.1 Å². The zero-order valence-electron chi connectivity index (χ0n) is 15.4. The number of para-hydroxylation sites is 2. The van der Waals surface area contributed by atoms with E-state index in [9.17, 15) is 9.59 Å². The summed E-state index contributed by atoms with van der Waals surface area (Å²) < 4.78 is 5.59. The van der Waals surface area contributed by atoms with E-state index in [0.29, 0.717) is 37.0 Å². The van der Waals surface area contributed by atoms with Crippen molar-refractivity contribution in [2.45, 2.75) is 25.7 Å².